The molecule has 0 bridgehead atoms. The minimum Gasteiger partial charge on any atom is -0.295 e. The van der Waals surface area contributed by atoms with Crippen LogP contribution in [0.5, 0.6) is 0 Å². The van der Waals surface area contributed by atoms with Crippen LogP contribution in [0.4, 0.5) is 0 Å². The molecule has 7 nitrogen and oxygen atoms in total. The van der Waals surface area contributed by atoms with Crippen LogP contribution in [0.2, 0.25) is 0 Å². The van der Waals surface area contributed by atoms with E-state index in [1.807, 2.05) is 71.4 Å². The van der Waals surface area contributed by atoms with Gasteiger partial charge in [0.1, 0.15) is 0 Å². The molecule has 0 aliphatic rings. The van der Waals surface area contributed by atoms with Crippen molar-refractivity contribution in [3.05, 3.63) is 109 Å². The van der Waals surface area contributed by atoms with Gasteiger partial charge in [-0.05, 0) is 41.7 Å². The Labute approximate surface area is 186 Å². The van der Waals surface area contributed by atoms with Crippen LogP contribution in [0.3, 0.4) is 0 Å². The average molecular weight is 422 g/mol. The summed E-state index contributed by atoms with van der Waals surface area (Å²) in [5.74, 6) is 0.787. The molecule has 0 saturated carbocycles. The Balaban J connectivity index is 1.43. The highest BCUT2D eigenvalue weighted by Gasteiger charge is 2.16. The summed E-state index contributed by atoms with van der Waals surface area (Å²) in [6, 6.07) is 30.4. The maximum atomic E-state index is 4.91. The predicted molar refractivity (Wildman–Crippen MR) is 123 cm³/mol. The average Bonchev–Trinajstić information content (AvgIpc) is 3.48. The van der Waals surface area contributed by atoms with E-state index in [4.69, 9.17) is 5.10 Å². The number of para-hydroxylation sites is 2. The molecule has 0 radical (unpaired) electrons. The van der Waals surface area contributed by atoms with Gasteiger partial charge in [0.15, 0.2) is 5.82 Å². The molecule has 7 heteroatoms. The van der Waals surface area contributed by atoms with E-state index in [0.29, 0.717) is 13.1 Å². The number of aromatic nitrogens is 6. The molecule has 0 unspecified atom stereocenters. The van der Waals surface area contributed by atoms with Crippen molar-refractivity contribution >= 4 is 0 Å². The largest absolute Gasteiger partial charge is 0.295 e. The Morgan fingerprint density at radius 1 is 0.750 bits per heavy atom. The monoisotopic (exact) mass is 421 g/mol. The van der Waals surface area contributed by atoms with Crippen molar-refractivity contribution in [2.24, 2.45) is 0 Å². The Kier molecular flexibility index (Phi) is 5.55. The first-order valence-corrected chi connectivity index (χ1v) is 10.5. The molecular formula is C25H23N7. The first kappa shape index (κ1) is 19.8. The quantitative estimate of drug-likeness (QED) is 0.395. The van der Waals surface area contributed by atoms with E-state index in [9.17, 15) is 0 Å². The van der Waals surface area contributed by atoms with E-state index in [1.54, 1.807) is 4.68 Å². The maximum absolute atomic E-state index is 4.91. The van der Waals surface area contributed by atoms with Crippen molar-refractivity contribution in [3.8, 4) is 22.6 Å². The highest BCUT2D eigenvalue weighted by atomic mass is 15.5. The van der Waals surface area contributed by atoms with Gasteiger partial charge in [-0.2, -0.15) is 9.78 Å². The standard InChI is InChI=1S/C25H23N7/c1-30(19-24-26-28-29-32(24)23-15-9-4-10-16-23)17-21-18-31(22-13-7-3-8-14-22)27-25(21)20-11-5-2-6-12-20/h2-16,18H,17,19H2,1H3. The summed E-state index contributed by atoms with van der Waals surface area (Å²) in [7, 11) is 2.07. The van der Waals surface area contributed by atoms with E-state index in [1.165, 1.54) is 0 Å². The number of nitrogens with zero attached hydrogens (tertiary/aromatic N) is 7. The summed E-state index contributed by atoms with van der Waals surface area (Å²) in [6.45, 7) is 1.31. The number of hydrogen-bond donors (Lipinski definition) is 0. The molecule has 0 aliphatic heterocycles. The molecule has 3 aromatic carbocycles. The normalized spacial score (nSPS) is 11.2. The summed E-state index contributed by atoms with van der Waals surface area (Å²) in [5, 5.41) is 17.2. The highest BCUT2D eigenvalue weighted by molar-refractivity contribution is 5.63. The zero-order valence-corrected chi connectivity index (χ0v) is 17.8. The van der Waals surface area contributed by atoms with Gasteiger partial charge in [0.05, 0.1) is 23.6 Å². The molecule has 0 saturated heterocycles. The minimum atomic E-state index is 0.604. The van der Waals surface area contributed by atoms with Crippen molar-refractivity contribution in [1.82, 2.24) is 34.9 Å². The molecule has 5 rings (SSSR count). The smallest absolute Gasteiger partial charge is 0.170 e. The molecule has 0 aliphatic carbocycles. The van der Waals surface area contributed by atoms with Crippen molar-refractivity contribution in [2.75, 3.05) is 7.05 Å². The van der Waals surface area contributed by atoms with Crippen molar-refractivity contribution in [2.45, 2.75) is 13.1 Å². The van der Waals surface area contributed by atoms with Gasteiger partial charge < -0.3 is 0 Å². The Hall–Kier alpha value is -4.10. The van der Waals surface area contributed by atoms with Gasteiger partial charge in [-0.15, -0.1) is 5.10 Å². The second-order valence-corrected chi connectivity index (χ2v) is 7.66. The van der Waals surface area contributed by atoms with E-state index in [2.05, 4.69) is 57.9 Å². The van der Waals surface area contributed by atoms with Gasteiger partial charge in [0.25, 0.3) is 0 Å². The van der Waals surface area contributed by atoms with Crippen LogP contribution in [0.1, 0.15) is 11.4 Å². The molecule has 0 amide bonds. The Morgan fingerprint density at radius 3 is 2.06 bits per heavy atom. The number of rotatable bonds is 7. The first-order valence-electron chi connectivity index (χ1n) is 10.5. The summed E-state index contributed by atoms with van der Waals surface area (Å²) in [4.78, 5) is 2.20. The van der Waals surface area contributed by atoms with Gasteiger partial charge in [-0.3, -0.25) is 4.90 Å². The SMILES string of the molecule is CN(Cc1cn(-c2ccccc2)nc1-c1ccccc1)Cc1nnnn1-c1ccccc1. The number of tetrazole rings is 1. The summed E-state index contributed by atoms with van der Waals surface area (Å²) >= 11 is 0. The lowest BCUT2D eigenvalue weighted by molar-refractivity contribution is 0.308. The topological polar surface area (TPSA) is 64.7 Å². The summed E-state index contributed by atoms with van der Waals surface area (Å²) in [5.41, 5.74) is 5.19. The molecular weight excluding hydrogens is 398 g/mol. The van der Waals surface area contributed by atoms with Crippen LogP contribution in [-0.2, 0) is 13.1 Å². The first-order chi connectivity index (χ1) is 15.8. The van der Waals surface area contributed by atoms with Crippen molar-refractivity contribution in [1.29, 1.82) is 0 Å². The van der Waals surface area contributed by atoms with Crippen LogP contribution in [0, 0.1) is 0 Å². The highest BCUT2D eigenvalue weighted by Crippen LogP contribution is 2.25. The third-order valence-corrected chi connectivity index (χ3v) is 5.24. The molecule has 5 aromatic rings. The van der Waals surface area contributed by atoms with Gasteiger partial charge in [0, 0.05) is 23.9 Å². The zero-order valence-electron chi connectivity index (χ0n) is 17.8. The van der Waals surface area contributed by atoms with Gasteiger partial charge in [-0.1, -0.05) is 66.7 Å². The lowest BCUT2D eigenvalue weighted by atomic mass is 10.1. The molecule has 158 valence electrons. The lowest BCUT2D eigenvalue weighted by Gasteiger charge is -2.16. The van der Waals surface area contributed by atoms with E-state index >= 15 is 0 Å². The predicted octanol–water partition coefficient (Wildman–Crippen LogP) is 4.15. The summed E-state index contributed by atoms with van der Waals surface area (Å²) in [6.07, 6.45) is 2.11. The Bertz CT molecular complexity index is 1280. The van der Waals surface area contributed by atoms with Crippen LogP contribution in [-0.4, -0.2) is 41.9 Å². The number of hydrogen-bond acceptors (Lipinski definition) is 5. The van der Waals surface area contributed by atoms with Gasteiger partial charge in [-0.25, -0.2) is 4.68 Å². The molecule has 0 fully saturated rings. The van der Waals surface area contributed by atoms with E-state index in [0.717, 1.165) is 34.0 Å². The molecule has 2 heterocycles. The molecule has 2 aromatic heterocycles. The second kappa shape index (κ2) is 8.95. The lowest BCUT2D eigenvalue weighted by Crippen LogP contribution is -2.20. The third kappa shape index (κ3) is 4.19. The van der Waals surface area contributed by atoms with Crippen LogP contribution in [0.25, 0.3) is 22.6 Å². The molecule has 32 heavy (non-hydrogen) atoms. The van der Waals surface area contributed by atoms with Crippen LogP contribution < -0.4 is 0 Å². The van der Waals surface area contributed by atoms with Crippen LogP contribution in [0.15, 0.2) is 97.2 Å². The number of benzene rings is 3. The maximum Gasteiger partial charge on any atom is 0.170 e. The molecule has 0 atom stereocenters. The van der Waals surface area contributed by atoms with E-state index < -0.39 is 0 Å². The molecule has 0 N–H and O–H groups in total. The van der Waals surface area contributed by atoms with E-state index in [-0.39, 0.29) is 0 Å². The third-order valence-electron chi connectivity index (χ3n) is 5.24. The van der Waals surface area contributed by atoms with Crippen molar-refractivity contribution in [3.63, 3.8) is 0 Å². The fourth-order valence-corrected chi connectivity index (χ4v) is 3.74. The van der Waals surface area contributed by atoms with Gasteiger partial charge in [0.2, 0.25) is 0 Å². The molecule has 0 spiro atoms. The zero-order chi connectivity index (χ0) is 21.8. The minimum absolute atomic E-state index is 0.604. The van der Waals surface area contributed by atoms with Gasteiger partial charge >= 0.3 is 0 Å². The van der Waals surface area contributed by atoms with Crippen LogP contribution >= 0.6 is 0 Å². The fourth-order valence-electron chi connectivity index (χ4n) is 3.74. The fraction of sp³-hybridized carbons (Fsp3) is 0.120. The Morgan fingerprint density at radius 2 is 1.38 bits per heavy atom. The second-order valence-electron chi connectivity index (χ2n) is 7.66. The van der Waals surface area contributed by atoms with Crippen molar-refractivity contribution < 1.29 is 0 Å². The summed E-state index contributed by atoms with van der Waals surface area (Å²) < 4.78 is 3.72.